The van der Waals surface area contributed by atoms with E-state index in [1.165, 1.54) is 0 Å². The van der Waals surface area contributed by atoms with Gasteiger partial charge in [-0.15, -0.1) is 12.4 Å². The van der Waals surface area contributed by atoms with E-state index in [9.17, 15) is 0 Å². The molecule has 98 valence electrons. The lowest BCUT2D eigenvalue weighted by Crippen LogP contribution is -2.14. The lowest BCUT2D eigenvalue weighted by molar-refractivity contribution is 0.376. The van der Waals surface area contributed by atoms with Crippen molar-refractivity contribution in [2.75, 3.05) is 20.8 Å². The molecule has 0 saturated heterocycles. The summed E-state index contributed by atoms with van der Waals surface area (Å²) in [7, 11) is 3.27. The molecule has 0 heterocycles. The molecule has 4 nitrogen and oxygen atoms in total. The molecular formula is C12H21ClN2O2. The second kappa shape index (κ2) is 8.17. The molecule has 4 N–H and O–H groups in total. The third-order valence-corrected chi connectivity index (χ3v) is 2.56. The molecule has 1 atom stereocenters. The fourth-order valence-electron chi connectivity index (χ4n) is 1.73. The summed E-state index contributed by atoms with van der Waals surface area (Å²) in [6, 6.07) is 5.56. The normalized spacial score (nSPS) is 11.5. The molecule has 1 aromatic carbocycles. The highest BCUT2D eigenvalue weighted by Crippen LogP contribution is 2.34. The van der Waals surface area contributed by atoms with Gasteiger partial charge in [-0.2, -0.15) is 0 Å². The van der Waals surface area contributed by atoms with Crippen LogP contribution in [0.1, 0.15) is 24.4 Å². The zero-order valence-electron chi connectivity index (χ0n) is 10.3. The Hall–Kier alpha value is -0.970. The molecule has 0 saturated carbocycles. The number of ether oxygens (including phenoxy) is 2. The smallest absolute Gasteiger partial charge is 0.127 e. The van der Waals surface area contributed by atoms with Crippen molar-refractivity contribution in [2.45, 2.75) is 18.9 Å². The number of hydrogen-bond acceptors (Lipinski definition) is 4. The molecule has 0 aromatic heterocycles. The molecule has 1 rings (SSSR count). The van der Waals surface area contributed by atoms with Crippen LogP contribution in [0.15, 0.2) is 18.2 Å². The first kappa shape index (κ1) is 16.0. The van der Waals surface area contributed by atoms with Gasteiger partial charge < -0.3 is 20.9 Å². The standard InChI is InChI=1S/C12H20N2O2.ClH/c1-15-10-6-3-7-11(16-2)12(10)9(14)5-4-8-13;/h3,6-7,9H,4-5,8,13-14H2,1-2H3;1H/t9-;/m1./s1. The van der Waals surface area contributed by atoms with Crippen LogP contribution in [-0.4, -0.2) is 20.8 Å². The fourth-order valence-corrected chi connectivity index (χ4v) is 1.73. The van der Waals surface area contributed by atoms with Gasteiger partial charge in [-0.25, -0.2) is 0 Å². The van der Waals surface area contributed by atoms with Crippen molar-refractivity contribution >= 4 is 12.4 Å². The molecule has 0 bridgehead atoms. The van der Waals surface area contributed by atoms with Crippen molar-refractivity contribution in [1.29, 1.82) is 0 Å². The van der Waals surface area contributed by atoms with Crippen molar-refractivity contribution in [3.8, 4) is 11.5 Å². The first-order valence-electron chi connectivity index (χ1n) is 5.41. The maximum Gasteiger partial charge on any atom is 0.127 e. The molecule has 0 aliphatic rings. The number of halogens is 1. The first-order valence-corrected chi connectivity index (χ1v) is 5.41. The van der Waals surface area contributed by atoms with E-state index in [-0.39, 0.29) is 18.4 Å². The summed E-state index contributed by atoms with van der Waals surface area (Å²) in [5.74, 6) is 1.53. The van der Waals surface area contributed by atoms with E-state index in [1.807, 2.05) is 18.2 Å². The zero-order valence-corrected chi connectivity index (χ0v) is 11.1. The minimum absolute atomic E-state index is 0. The van der Waals surface area contributed by atoms with Crippen LogP contribution in [-0.2, 0) is 0 Å². The SMILES string of the molecule is COc1cccc(OC)c1[C@H](N)CCCN.Cl. The van der Waals surface area contributed by atoms with E-state index in [0.29, 0.717) is 6.54 Å². The van der Waals surface area contributed by atoms with Gasteiger partial charge in [0.2, 0.25) is 0 Å². The summed E-state index contributed by atoms with van der Waals surface area (Å²) < 4.78 is 10.6. The second-order valence-electron chi connectivity index (χ2n) is 3.61. The topological polar surface area (TPSA) is 70.5 Å². The number of hydrogen-bond donors (Lipinski definition) is 2. The molecular weight excluding hydrogens is 240 g/mol. The van der Waals surface area contributed by atoms with E-state index in [2.05, 4.69) is 0 Å². The van der Waals surface area contributed by atoms with Crippen molar-refractivity contribution in [1.82, 2.24) is 0 Å². The van der Waals surface area contributed by atoms with Crippen LogP contribution in [0.2, 0.25) is 0 Å². The van der Waals surface area contributed by atoms with Gasteiger partial charge in [0.25, 0.3) is 0 Å². The van der Waals surface area contributed by atoms with Crippen molar-refractivity contribution in [3.05, 3.63) is 23.8 Å². The Kier molecular flexibility index (Phi) is 7.70. The van der Waals surface area contributed by atoms with Gasteiger partial charge >= 0.3 is 0 Å². The van der Waals surface area contributed by atoms with Crippen LogP contribution in [0.5, 0.6) is 11.5 Å². The van der Waals surface area contributed by atoms with Gasteiger partial charge in [0.05, 0.1) is 19.8 Å². The summed E-state index contributed by atoms with van der Waals surface area (Å²) >= 11 is 0. The van der Waals surface area contributed by atoms with Crippen LogP contribution in [0.25, 0.3) is 0 Å². The molecule has 5 heteroatoms. The lowest BCUT2D eigenvalue weighted by atomic mass is 10.0. The molecule has 0 radical (unpaired) electrons. The maximum absolute atomic E-state index is 6.12. The molecule has 0 aliphatic carbocycles. The van der Waals surface area contributed by atoms with Gasteiger partial charge in [0.1, 0.15) is 11.5 Å². The molecule has 0 fully saturated rings. The van der Waals surface area contributed by atoms with Crippen molar-refractivity contribution < 1.29 is 9.47 Å². The Bertz CT molecular complexity index is 312. The number of nitrogens with two attached hydrogens (primary N) is 2. The Morgan fingerprint density at radius 2 is 1.71 bits per heavy atom. The molecule has 17 heavy (non-hydrogen) atoms. The predicted octanol–water partition coefficient (Wildman–Crippen LogP) is 1.86. The van der Waals surface area contributed by atoms with Crippen LogP contribution in [0, 0.1) is 0 Å². The number of benzene rings is 1. The van der Waals surface area contributed by atoms with E-state index in [0.717, 1.165) is 29.9 Å². The van der Waals surface area contributed by atoms with E-state index >= 15 is 0 Å². The zero-order chi connectivity index (χ0) is 12.0. The number of rotatable bonds is 6. The minimum atomic E-state index is -0.102. The van der Waals surface area contributed by atoms with Crippen LogP contribution >= 0.6 is 12.4 Å². The summed E-state index contributed by atoms with van der Waals surface area (Å²) in [5, 5.41) is 0. The van der Waals surface area contributed by atoms with Crippen LogP contribution in [0.4, 0.5) is 0 Å². The Morgan fingerprint density at radius 3 is 2.12 bits per heavy atom. The van der Waals surface area contributed by atoms with Gasteiger partial charge in [-0.3, -0.25) is 0 Å². The Balaban J connectivity index is 0.00000256. The summed E-state index contributed by atoms with van der Waals surface area (Å²) in [6.07, 6.45) is 1.72. The van der Waals surface area contributed by atoms with Crippen molar-refractivity contribution in [3.63, 3.8) is 0 Å². The predicted molar refractivity (Wildman–Crippen MR) is 72.0 cm³/mol. The van der Waals surface area contributed by atoms with Gasteiger partial charge in [-0.1, -0.05) is 6.07 Å². The van der Waals surface area contributed by atoms with Crippen LogP contribution in [0.3, 0.4) is 0 Å². The maximum atomic E-state index is 6.12. The van der Waals surface area contributed by atoms with E-state index < -0.39 is 0 Å². The van der Waals surface area contributed by atoms with Crippen LogP contribution < -0.4 is 20.9 Å². The van der Waals surface area contributed by atoms with Gasteiger partial charge in [0, 0.05) is 6.04 Å². The molecule has 0 amide bonds. The monoisotopic (exact) mass is 260 g/mol. The average molecular weight is 261 g/mol. The molecule has 1 aromatic rings. The highest BCUT2D eigenvalue weighted by Gasteiger charge is 2.16. The molecule has 0 aliphatic heterocycles. The number of methoxy groups -OCH3 is 2. The summed E-state index contributed by atoms with van der Waals surface area (Å²) in [5.41, 5.74) is 12.5. The largest absolute Gasteiger partial charge is 0.496 e. The van der Waals surface area contributed by atoms with E-state index in [1.54, 1.807) is 14.2 Å². The third-order valence-electron chi connectivity index (χ3n) is 2.56. The average Bonchev–Trinajstić information content (AvgIpc) is 2.34. The quantitative estimate of drug-likeness (QED) is 0.819. The Morgan fingerprint density at radius 1 is 1.18 bits per heavy atom. The highest BCUT2D eigenvalue weighted by molar-refractivity contribution is 5.85. The molecule has 0 unspecified atom stereocenters. The van der Waals surface area contributed by atoms with Crippen molar-refractivity contribution in [2.24, 2.45) is 11.5 Å². The van der Waals surface area contributed by atoms with Gasteiger partial charge in [0.15, 0.2) is 0 Å². The highest BCUT2D eigenvalue weighted by atomic mass is 35.5. The Labute approximate surface area is 109 Å². The fraction of sp³-hybridized carbons (Fsp3) is 0.500. The molecule has 0 spiro atoms. The minimum Gasteiger partial charge on any atom is -0.496 e. The lowest BCUT2D eigenvalue weighted by Gasteiger charge is -2.18. The summed E-state index contributed by atoms with van der Waals surface area (Å²) in [4.78, 5) is 0. The summed E-state index contributed by atoms with van der Waals surface area (Å²) in [6.45, 7) is 0.644. The first-order chi connectivity index (χ1) is 7.74. The van der Waals surface area contributed by atoms with Gasteiger partial charge in [-0.05, 0) is 31.5 Å². The van der Waals surface area contributed by atoms with E-state index in [4.69, 9.17) is 20.9 Å². The third kappa shape index (κ3) is 4.07. The second-order valence-corrected chi connectivity index (χ2v) is 3.61.